The largest absolute Gasteiger partial charge is 0.460 e. The fraction of sp³-hybridized carbons (Fsp3) is 0.125. The third-order valence-corrected chi connectivity index (χ3v) is 4.79. The van der Waals surface area contributed by atoms with Crippen molar-refractivity contribution in [2.75, 3.05) is 0 Å². The molecule has 0 radical (unpaired) electrons. The molecule has 0 saturated carbocycles. The third kappa shape index (κ3) is 4.07. The van der Waals surface area contributed by atoms with E-state index >= 15 is 0 Å². The first-order valence-corrected chi connectivity index (χ1v) is 9.50. The minimum atomic E-state index is -1.21. The van der Waals surface area contributed by atoms with E-state index in [2.05, 4.69) is 4.98 Å². The van der Waals surface area contributed by atoms with E-state index in [1.165, 1.54) is 13.0 Å². The third-order valence-electron chi connectivity index (χ3n) is 4.79. The number of aromatic nitrogens is 1. The molecule has 0 saturated heterocycles. The van der Waals surface area contributed by atoms with Crippen LogP contribution in [0.1, 0.15) is 33.4 Å². The second kappa shape index (κ2) is 8.10. The molecule has 2 heterocycles. The SMILES string of the molecule is Cc1ccc(-c2cc(C(=O)OC(C)C(=O)c3ccc(F)c(F)c3)c3ccccc3n2)o1. The highest BCUT2D eigenvalue weighted by Gasteiger charge is 2.23. The smallest absolute Gasteiger partial charge is 0.339 e. The zero-order valence-electron chi connectivity index (χ0n) is 16.7. The van der Waals surface area contributed by atoms with Crippen LogP contribution < -0.4 is 0 Å². The molecule has 2 aromatic heterocycles. The van der Waals surface area contributed by atoms with Crippen LogP contribution in [0.2, 0.25) is 0 Å². The maximum atomic E-state index is 13.5. The van der Waals surface area contributed by atoms with Gasteiger partial charge in [-0.3, -0.25) is 4.79 Å². The Morgan fingerprint density at radius 1 is 1.00 bits per heavy atom. The molecule has 0 amide bonds. The van der Waals surface area contributed by atoms with Crippen molar-refractivity contribution in [3.8, 4) is 11.5 Å². The van der Waals surface area contributed by atoms with Gasteiger partial charge in [0.25, 0.3) is 0 Å². The first kappa shape index (κ1) is 20.4. The van der Waals surface area contributed by atoms with E-state index in [9.17, 15) is 18.4 Å². The van der Waals surface area contributed by atoms with E-state index in [0.29, 0.717) is 28.1 Å². The van der Waals surface area contributed by atoms with Crippen LogP contribution in [0.25, 0.3) is 22.4 Å². The standard InChI is InChI=1S/C24H17F2NO4/c1-13-7-10-22(30-13)21-12-17(16-5-3-4-6-20(16)27-21)24(29)31-14(2)23(28)15-8-9-18(25)19(26)11-15/h3-12,14H,1-2H3. The second-order valence-corrected chi connectivity index (χ2v) is 7.02. The van der Waals surface area contributed by atoms with Gasteiger partial charge in [0.05, 0.1) is 11.1 Å². The van der Waals surface area contributed by atoms with Crippen molar-refractivity contribution in [3.63, 3.8) is 0 Å². The molecule has 4 aromatic rings. The molecule has 0 aliphatic carbocycles. The molecule has 0 bridgehead atoms. The summed E-state index contributed by atoms with van der Waals surface area (Å²) in [7, 11) is 0. The molecule has 156 valence electrons. The number of hydrogen-bond donors (Lipinski definition) is 0. The molecule has 1 atom stereocenters. The summed E-state index contributed by atoms with van der Waals surface area (Å²) in [5, 5.41) is 0.548. The van der Waals surface area contributed by atoms with Gasteiger partial charge in [-0.05, 0) is 56.3 Å². The first-order chi connectivity index (χ1) is 14.8. The van der Waals surface area contributed by atoms with E-state index in [-0.39, 0.29) is 11.1 Å². The van der Waals surface area contributed by atoms with Gasteiger partial charge in [0.15, 0.2) is 23.5 Å². The quantitative estimate of drug-likeness (QED) is 0.314. The lowest BCUT2D eigenvalue weighted by atomic mass is 10.1. The number of nitrogens with zero attached hydrogens (tertiary/aromatic N) is 1. The molecule has 4 rings (SSSR count). The van der Waals surface area contributed by atoms with Crippen molar-refractivity contribution >= 4 is 22.7 Å². The number of carbonyl (C=O) groups is 2. The van der Waals surface area contributed by atoms with Crippen molar-refractivity contribution in [1.82, 2.24) is 4.98 Å². The Balaban J connectivity index is 1.66. The zero-order chi connectivity index (χ0) is 22.1. The molecule has 1 unspecified atom stereocenters. The van der Waals surface area contributed by atoms with Crippen LogP contribution in [0.3, 0.4) is 0 Å². The van der Waals surface area contributed by atoms with Gasteiger partial charge in [0.2, 0.25) is 5.78 Å². The average Bonchev–Trinajstić information content (AvgIpc) is 3.20. The minimum Gasteiger partial charge on any atom is -0.460 e. The van der Waals surface area contributed by atoms with Crippen LogP contribution in [0.15, 0.2) is 65.1 Å². The molecule has 2 aromatic carbocycles. The minimum absolute atomic E-state index is 0.0921. The zero-order valence-corrected chi connectivity index (χ0v) is 16.7. The number of Topliss-reactive ketones (excluding diaryl/α,β-unsaturated/α-hetero) is 1. The lowest BCUT2D eigenvalue weighted by Crippen LogP contribution is -2.25. The number of ketones is 1. The number of ether oxygens (including phenoxy) is 1. The van der Waals surface area contributed by atoms with Gasteiger partial charge in [-0.15, -0.1) is 0 Å². The van der Waals surface area contributed by atoms with Gasteiger partial charge in [-0.1, -0.05) is 18.2 Å². The number of pyridine rings is 1. The lowest BCUT2D eigenvalue weighted by Gasteiger charge is -2.14. The number of hydrogen-bond acceptors (Lipinski definition) is 5. The topological polar surface area (TPSA) is 69.4 Å². The number of benzene rings is 2. The highest BCUT2D eigenvalue weighted by molar-refractivity contribution is 6.06. The van der Waals surface area contributed by atoms with Gasteiger partial charge in [-0.25, -0.2) is 18.6 Å². The monoisotopic (exact) mass is 421 g/mol. The first-order valence-electron chi connectivity index (χ1n) is 9.50. The van der Waals surface area contributed by atoms with E-state index in [0.717, 1.165) is 18.2 Å². The highest BCUT2D eigenvalue weighted by atomic mass is 19.2. The molecular weight excluding hydrogens is 404 g/mol. The van der Waals surface area contributed by atoms with E-state index in [4.69, 9.17) is 9.15 Å². The van der Waals surface area contributed by atoms with Crippen LogP contribution in [-0.4, -0.2) is 22.8 Å². The van der Waals surface area contributed by atoms with E-state index < -0.39 is 29.5 Å². The molecule has 0 aliphatic rings. The number of furan rings is 1. The van der Waals surface area contributed by atoms with Crippen molar-refractivity contribution in [2.24, 2.45) is 0 Å². The molecular formula is C24H17F2NO4. The summed E-state index contributed by atoms with van der Waals surface area (Å²) < 4.78 is 37.6. The Hall–Kier alpha value is -3.87. The van der Waals surface area contributed by atoms with Crippen LogP contribution >= 0.6 is 0 Å². The van der Waals surface area contributed by atoms with Gasteiger partial charge >= 0.3 is 5.97 Å². The molecule has 0 spiro atoms. The Kier molecular flexibility index (Phi) is 5.33. The average molecular weight is 421 g/mol. The fourth-order valence-electron chi connectivity index (χ4n) is 3.20. The summed E-state index contributed by atoms with van der Waals surface area (Å²) in [6.07, 6.45) is -1.21. The van der Waals surface area contributed by atoms with Crippen LogP contribution in [0.4, 0.5) is 8.78 Å². The van der Waals surface area contributed by atoms with Gasteiger partial charge in [-0.2, -0.15) is 0 Å². The number of rotatable bonds is 5. The number of halogens is 2. The molecule has 5 nitrogen and oxygen atoms in total. The normalized spacial score (nSPS) is 12.0. The molecule has 0 aliphatic heterocycles. The number of para-hydroxylation sites is 1. The highest BCUT2D eigenvalue weighted by Crippen LogP contribution is 2.27. The van der Waals surface area contributed by atoms with E-state index in [1.807, 2.05) is 0 Å². The molecule has 0 N–H and O–H groups in total. The Morgan fingerprint density at radius 3 is 2.48 bits per heavy atom. The lowest BCUT2D eigenvalue weighted by molar-refractivity contribution is 0.0320. The number of esters is 1. The van der Waals surface area contributed by atoms with Crippen molar-refractivity contribution in [2.45, 2.75) is 20.0 Å². The predicted molar refractivity (Wildman–Crippen MR) is 110 cm³/mol. The number of aryl methyl sites for hydroxylation is 1. The maximum absolute atomic E-state index is 13.5. The van der Waals surface area contributed by atoms with Crippen molar-refractivity contribution in [1.29, 1.82) is 0 Å². The Bertz CT molecular complexity index is 1310. The fourth-order valence-corrected chi connectivity index (χ4v) is 3.20. The summed E-state index contributed by atoms with van der Waals surface area (Å²) in [4.78, 5) is 30.0. The van der Waals surface area contributed by atoms with Crippen LogP contribution in [0.5, 0.6) is 0 Å². The van der Waals surface area contributed by atoms with E-state index in [1.54, 1.807) is 43.3 Å². The van der Waals surface area contributed by atoms with Gasteiger partial charge < -0.3 is 9.15 Å². The summed E-state index contributed by atoms with van der Waals surface area (Å²) >= 11 is 0. The molecule has 0 fully saturated rings. The molecule has 31 heavy (non-hydrogen) atoms. The van der Waals surface area contributed by atoms with Gasteiger partial charge in [0, 0.05) is 10.9 Å². The Morgan fingerprint density at radius 2 is 1.77 bits per heavy atom. The van der Waals surface area contributed by atoms with Gasteiger partial charge in [0.1, 0.15) is 11.5 Å². The second-order valence-electron chi connectivity index (χ2n) is 7.02. The number of fused-ring (bicyclic) bond motifs is 1. The van der Waals surface area contributed by atoms with Crippen LogP contribution in [0, 0.1) is 18.6 Å². The molecule has 7 heteroatoms. The van der Waals surface area contributed by atoms with Crippen molar-refractivity contribution < 1.29 is 27.5 Å². The summed E-state index contributed by atoms with van der Waals surface area (Å²) in [6, 6.07) is 14.9. The summed E-state index contributed by atoms with van der Waals surface area (Å²) in [5.41, 5.74) is 1.11. The maximum Gasteiger partial charge on any atom is 0.339 e. The Labute approximate surface area is 176 Å². The summed E-state index contributed by atoms with van der Waals surface area (Å²) in [6.45, 7) is 3.17. The van der Waals surface area contributed by atoms with Crippen LogP contribution in [-0.2, 0) is 4.74 Å². The summed E-state index contributed by atoms with van der Waals surface area (Å²) in [5.74, 6) is -2.42. The predicted octanol–water partition coefficient (Wildman–Crippen LogP) is 5.51. The van der Waals surface area contributed by atoms with Crippen molar-refractivity contribution in [3.05, 3.63) is 89.2 Å². The number of carbonyl (C=O) groups excluding carboxylic acids is 2.